The molecule has 1 aliphatic carbocycles. The van der Waals surface area contributed by atoms with Crippen LogP contribution in [0, 0.1) is 17.3 Å². The Morgan fingerprint density at radius 1 is 1.28 bits per heavy atom. The summed E-state index contributed by atoms with van der Waals surface area (Å²) in [4.78, 5) is 38.3. The number of hydrogen-bond donors (Lipinski definition) is 3. The van der Waals surface area contributed by atoms with Crippen molar-refractivity contribution in [3.63, 3.8) is 0 Å². The summed E-state index contributed by atoms with van der Waals surface area (Å²) in [6, 6.07) is -0.931. The minimum atomic E-state index is -1.15. The number of aliphatic hydroxyl groups excluding tert-OH is 1. The Balaban J connectivity index is 3.04. The molecule has 5 unspecified atom stereocenters. The highest BCUT2D eigenvalue weighted by molar-refractivity contribution is 5.93. The summed E-state index contributed by atoms with van der Waals surface area (Å²) in [7, 11) is 1.27. The van der Waals surface area contributed by atoms with Gasteiger partial charge in [-0.3, -0.25) is 9.59 Å². The average molecular weight is 409 g/mol. The lowest BCUT2D eigenvalue weighted by Crippen LogP contribution is -2.54. The van der Waals surface area contributed by atoms with Gasteiger partial charge in [-0.2, -0.15) is 0 Å². The van der Waals surface area contributed by atoms with Crippen molar-refractivity contribution in [1.82, 2.24) is 10.6 Å². The third-order valence-electron chi connectivity index (χ3n) is 6.13. The van der Waals surface area contributed by atoms with Crippen LogP contribution in [0.5, 0.6) is 0 Å². The highest BCUT2D eigenvalue weighted by Crippen LogP contribution is 2.48. The molecule has 0 radical (unpaired) electrons. The molecule has 0 heterocycles. The molecule has 7 heteroatoms. The molecular formula is C22H36N2O5. The number of carbonyl (C=O) groups excluding carboxylic acids is 3. The zero-order chi connectivity index (χ0) is 22.2. The molecule has 1 aliphatic rings. The van der Waals surface area contributed by atoms with Crippen LogP contribution in [0.2, 0.25) is 0 Å². The van der Waals surface area contributed by atoms with E-state index in [9.17, 15) is 19.5 Å². The fraction of sp³-hybridized carbons (Fsp3) is 0.682. The van der Waals surface area contributed by atoms with Crippen LogP contribution in [0.25, 0.3) is 0 Å². The number of allylic oxidation sites excluding steroid dienone is 1. The van der Waals surface area contributed by atoms with E-state index in [2.05, 4.69) is 23.8 Å². The highest BCUT2D eigenvalue weighted by atomic mass is 16.5. The number of rotatable bonds is 11. The van der Waals surface area contributed by atoms with Crippen molar-refractivity contribution >= 4 is 17.8 Å². The molecule has 0 aromatic rings. The summed E-state index contributed by atoms with van der Waals surface area (Å²) < 4.78 is 4.82. The van der Waals surface area contributed by atoms with Crippen molar-refractivity contribution in [1.29, 1.82) is 0 Å². The molecule has 1 rings (SSSR count). The maximum atomic E-state index is 13.3. The molecule has 7 nitrogen and oxygen atoms in total. The average Bonchev–Trinajstić information content (AvgIpc) is 2.92. The van der Waals surface area contributed by atoms with E-state index in [1.165, 1.54) is 7.11 Å². The monoisotopic (exact) mass is 408 g/mol. The molecule has 1 fully saturated rings. The van der Waals surface area contributed by atoms with Gasteiger partial charge in [-0.15, -0.1) is 13.2 Å². The molecule has 2 amide bonds. The molecule has 3 N–H and O–H groups in total. The van der Waals surface area contributed by atoms with E-state index in [0.29, 0.717) is 25.7 Å². The molecule has 6 atom stereocenters. The van der Waals surface area contributed by atoms with Gasteiger partial charge in [-0.05, 0) is 51.9 Å². The molecule has 0 saturated heterocycles. The van der Waals surface area contributed by atoms with Crippen molar-refractivity contribution in [2.24, 2.45) is 17.3 Å². The zero-order valence-corrected chi connectivity index (χ0v) is 18.1. The van der Waals surface area contributed by atoms with E-state index >= 15 is 0 Å². The Morgan fingerprint density at radius 2 is 1.93 bits per heavy atom. The number of aliphatic hydroxyl groups is 1. The molecule has 0 aromatic heterocycles. The zero-order valence-electron chi connectivity index (χ0n) is 18.1. The normalized spacial score (nSPS) is 28.1. The van der Waals surface area contributed by atoms with Crippen molar-refractivity contribution in [2.75, 3.05) is 7.11 Å². The Bertz CT molecular complexity index is 620. The Kier molecular flexibility index (Phi) is 9.56. The number of nitrogens with one attached hydrogen (secondary N) is 2. The SMILES string of the molecule is C=CCCC[C@H](NC(=O)C1(C)C(C(=O)NC(C)CC=C)CC(O)C1C)C(=O)OC. The number of amides is 2. The summed E-state index contributed by atoms with van der Waals surface area (Å²) in [5.41, 5.74) is -1.15. The van der Waals surface area contributed by atoms with Crippen LogP contribution in [-0.4, -0.2) is 48.2 Å². The minimum absolute atomic E-state index is 0.123. The minimum Gasteiger partial charge on any atom is -0.467 e. The first-order valence-corrected chi connectivity index (χ1v) is 10.2. The largest absolute Gasteiger partial charge is 0.467 e. The van der Waals surface area contributed by atoms with E-state index in [1.54, 1.807) is 26.0 Å². The van der Waals surface area contributed by atoms with Gasteiger partial charge in [0, 0.05) is 6.04 Å². The van der Waals surface area contributed by atoms with Crippen LogP contribution >= 0.6 is 0 Å². The van der Waals surface area contributed by atoms with Crippen LogP contribution in [-0.2, 0) is 19.1 Å². The summed E-state index contributed by atoms with van der Waals surface area (Å²) >= 11 is 0. The number of carbonyl (C=O) groups is 3. The second-order valence-corrected chi connectivity index (χ2v) is 8.13. The number of unbranched alkanes of at least 4 members (excludes halogenated alkanes) is 1. The van der Waals surface area contributed by atoms with Gasteiger partial charge in [0.25, 0.3) is 0 Å². The maximum absolute atomic E-state index is 13.3. The fourth-order valence-corrected chi connectivity index (χ4v) is 3.98. The molecule has 1 saturated carbocycles. The van der Waals surface area contributed by atoms with Crippen molar-refractivity contribution in [3.05, 3.63) is 25.3 Å². The van der Waals surface area contributed by atoms with Gasteiger partial charge in [-0.25, -0.2) is 4.79 Å². The van der Waals surface area contributed by atoms with Crippen LogP contribution in [0.3, 0.4) is 0 Å². The third kappa shape index (κ3) is 5.92. The second kappa shape index (κ2) is 11.1. The van der Waals surface area contributed by atoms with Gasteiger partial charge in [0.05, 0.1) is 24.5 Å². The van der Waals surface area contributed by atoms with E-state index in [-0.39, 0.29) is 18.4 Å². The predicted molar refractivity (Wildman–Crippen MR) is 112 cm³/mol. The number of ether oxygens (including phenoxy) is 1. The van der Waals surface area contributed by atoms with Crippen LogP contribution < -0.4 is 10.6 Å². The summed E-state index contributed by atoms with van der Waals surface area (Å²) in [5.74, 6) is -2.38. The van der Waals surface area contributed by atoms with Crippen LogP contribution in [0.4, 0.5) is 0 Å². The van der Waals surface area contributed by atoms with Gasteiger partial charge in [0.1, 0.15) is 6.04 Å². The molecule has 164 valence electrons. The van der Waals surface area contributed by atoms with E-state index < -0.39 is 41.3 Å². The Hall–Kier alpha value is -2.15. The number of esters is 1. The van der Waals surface area contributed by atoms with Gasteiger partial charge < -0.3 is 20.5 Å². The highest BCUT2D eigenvalue weighted by Gasteiger charge is 2.57. The lowest BCUT2D eigenvalue weighted by atomic mass is 9.72. The first-order valence-electron chi connectivity index (χ1n) is 10.2. The smallest absolute Gasteiger partial charge is 0.328 e. The lowest BCUT2D eigenvalue weighted by molar-refractivity contribution is -0.149. The lowest BCUT2D eigenvalue weighted by Gasteiger charge is -2.35. The molecule has 0 aromatic carbocycles. The van der Waals surface area contributed by atoms with Crippen LogP contribution in [0.15, 0.2) is 25.3 Å². The first kappa shape index (κ1) is 24.9. The molecule has 0 aliphatic heterocycles. The quantitative estimate of drug-likeness (QED) is 0.276. The molecule has 0 spiro atoms. The van der Waals surface area contributed by atoms with Crippen molar-refractivity contribution in [2.45, 2.75) is 71.1 Å². The third-order valence-corrected chi connectivity index (χ3v) is 6.13. The number of hydrogen-bond acceptors (Lipinski definition) is 5. The topological polar surface area (TPSA) is 105 Å². The molecule has 0 bridgehead atoms. The molecular weight excluding hydrogens is 372 g/mol. The second-order valence-electron chi connectivity index (χ2n) is 8.13. The molecule has 29 heavy (non-hydrogen) atoms. The fourth-order valence-electron chi connectivity index (χ4n) is 3.98. The van der Waals surface area contributed by atoms with Crippen molar-refractivity contribution in [3.8, 4) is 0 Å². The first-order chi connectivity index (χ1) is 13.6. The van der Waals surface area contributed by atoms with Crippen molar-refractivity contribution < 1.29 is 24.2 Å². The van der Waals surface area contributed by atoms with Gasteiger partial charge in [0.2, 0.25) is 11.8 Å². The summed E-state index contributed by atoms with van der Waals surface area (Å²) in [6.07, 6.45) is 5.26. The number of methoxy groups -OCH3 is 1. The van der Waals surface area contributed by atoms with Gasteiger partial charge in [0.15, 0.2) is 0 Å². The van der Waals surface area contributed by atoms with E-state index in [4.69, 9.17) is 4.74 Å². The Labute approximate surface area is 174 Å². The van der Waals surface area contributed by atoms with E-state index in [0.717, 1.165) is 0 Å². The summed E-state index contributed by atoms with van der Waals surface area (Å²) in [6.45, 7) is 12.6. The van der Waals surface area contributed by atoms with Gasteiger partial charge >= 0.3 is 5.97 Å². The van der Waals surface area contributed by atoms with Crippen LogP contribution in [0.1, 0.15) is 52.9 Å². The standard InChI is InChI=1S/C22H36N2O5/c1-7-9-10-12-17(20(27)29-6)24-21(28)22(5)15(4)18(25)13-16(22)19(26)23-14(3)11-8-2/h7-8,14-18,25H,1-2,9-13H2,3-6H3,(H,23,26)(H,24,28)/t14?,15?,16?,17-,18?,22?/m0/s1. The Morgan fingerprint density at radius 3 is 2.48 bits per heavy atom. The predicted octanol–water partition coefficient (Wildman–Crippen LogP) is 2.10. The maximum Gasteiger partial charge on any atom is 0.328 e. The van der Waals surface area contributed by atoms with Gasteiger partial charge in [-0.1, -0.05) is 19.1 Å². The summed E-state index contributed by atoms with van der Waals surface area (Å²) in [5, 5.41) is 16.1. The van der Waals surface area contributed by atoms with E-state index in [1.807, 2.05) is 6.92 Å².